The van der Waals surface area contributed by atoms with Crippen LogP contribution in [0.3, 0.4) is 0 Å². The summed E-state index contributed by atoms with van der Waals surface area (Å²) in [5.74, 6) is 0.0261. The largest absolute Gasteiger partial charge is 0.349 e. The van der Waals surface area contributed by atoms with E-state index in [1.54, 1.807) is 6.07 Å². The highest BCUT2D eigenvalue weighted by Gasteiger charge is 2.22. The van der Waals surface area contributed by atoms with Gasteiger partial charge in [0.2, 0.25) is 5.91 Å². The molecule has 0 atom stereocenters. The van der Waals surface area contributed by atoms with E-state index in [-0.39, 0.29) is 17.9 Å². The Hall–Kier alpha value is -2.66. The molecule has 1 fully saturated rings. The summed E-state index contributed by atoms with van der Waals surface area (Å²) in [5.41, 5.74) is 3.88. The zero-order valence-corrected chi connectivity index (χ0v) is 15.4. The summed E-state index contributed by atoms with van der Waals surface area (Å²) >= 11 is 0. The SMILES string of the molecule is O=C1CCc2cc(C(=O)NC3CCN(Cc4ccccc4)CC3)ccc2N1. The lowest BCUT2D eigenvalue weighted by Gasteiger charge is -2.32. The fraction of sp³-hybridized carbons (Fsp3) is 0.364. The first-order chi connectivity index (χ1) is 13.2. The third kappa shape index (κ3) is 4.37. The number of nitrogens with one attached hydrogen (secondary N) is 2. The van der Waals surface area contributed by atoms with Crippen molar-refractivity contribution in [3.63, 3.8) is 0 Å². The molecule has 0 saturated carbocycles. The van der Waals surface area contributed by atoms with E-state index in [0.717, 1.165) is 43.7 Å². The number of anilines is 1. The highest BCUT2D eigenvalue weighted by atomic mass is 16.2. The quantitative estimate of drug-likeness (QED) is 0.878. The fourth-order valence-corrected chi connectivity index (χ4v) is 3.87. The Balaban J connectivity index is 1.30. The van der Waals surface area contributed by atoms with Gasteiger partial charge in [-0.25, -0.2) is 0 Å². The summed E-state index contributed by atoms with van der Waals surface area (Å²) in [6.07, 6.45) is 3.12. The topological polar surface area (TPSA) is 61.4 Å². The van der Waals surface area contributed by atoms with E-state index in [2.05, 4.69) is 39.8 Å². The minimum absolute atomic E-state index is 0.0174. The molecule has 0 aromatic heterocycles. The van der Waals surface area contributed by atoms with Crippen LogP contribution in [-0.4, -0.2) is 35.8 Å². The zero-order chi connectivity index (χ0) is 18.6. The van der Waals surface area contributed by atoms with Gasteiger partial charge in [0, 0.05) is 43.3 Å². The average Bonchev–Trinajstić information content (AvgIpc) is 2.70. The lowest BCUT2D eigenvalue weighted by Crippen LogP contribution is -2.44. The maximum absolute atomic E-state index is 12.6. The maximum Gasteiger partial charge on any atom is 0.251 e. The Bertz CT molecular complexity index is 827. The van der Waals surface area contributed by atoms with Gasteiger partial charge in [-0.15, -0.1) is 0 Å². The predicted molar refractivity (Wildman–Crippen MR) is 106 cm³/mol. The van der Waals surface area contributed by atoms with Crippen LogP contribution in [0.15, 0.2) is 48.5 Å². The van der Waals surface area contributed by atoms with Gasteiger partial charge in [0.15, 0.2) is 0 Å². The molecule has 0 bridgehead atoms. The van der Waals surface area contributed by atoms with Gasteiger partial charge < -0.3 is 10.6 Å². The van der Waals surface area contributed by atoms with Crippen molar-refractivity contribution < 1.29 is 9.59 Å². The molecule has 0 aliphatic carbocycles. The molecule has 4 rings (SSSR count). The van der Waals surface area contributed by atoms with Crippen molar-refractivity contribution in [1.82, 2.24) is 10.2 Å². The van der Waals surface area contributed by atoms with Crippen LogP contribution < -0.4 is 10.6 Å². The summed E-state index contributed by atoms with van der Waals surface area (Å²) in [6.45, 7) is 2.96. The van der Waals surface area contributed by atoms with Crippen molar-refractivity contribution in [1.29, 1.82) is 0 Å². The number of carbonyl (C=O) groups is 2. The molecule has 0 spiro atoms. The number of hydrogen-bond donors (Lipinski definition) is 2. The van der Waals surface area contributed by atoms with E-state index in [0.29, 0.717) is 18.4 Å². The number of fused-ring (bicyclic) bond motifs is 1. The van der Waals surface area contributed by atoms with Gasteiger partial charge in [0.05, 0.1) is 0 Å². The van der Waals surface area contributed by atoms with Crippen LogP contribution in [0, 0.1) is 0 Å². The van der Waals surface area contributed by atoms with E-state index in [9.17, 15) is 9.59 Å². The molecule has 2 N–H and O–H groups in total. The minimum Gasteiger partial charge on any atom is -0.349 e. The molecule has 0 unspecified atom stereocenters. The third-order valence-corrected chi connectivity index (χ3v) is 5.43. The molecule has 5 nitrogen and oxygen atoms in total. The number of hydrogen-bond acceptors (Lipinski definition) is 3. The predicted octanol–water partition coefficient (Wildman–Crippen LogP) is 2.97. The molecule has 2 aliphatic rings. The summed E-state index contributed by atoms with van der Waals surface area (Å²) in [6, 6.07) is 16.3. The number of piperidine rings is 1. The second-order valence-electron chi connectivity index (χ2n) is 7.43. The second kappa shape index (κ2) is 7.92. The van der Waals surface area contributed by atoms with Crippen molar-refractivity contribution in [2.24, 2.45) is 0 Å². The Morgan fingerprint density at radius 2 is 1.85 bits per heavy atom. The Labute approximate surface area is 159 Å². The molecule has 1 saturated heterocycles. The van der Waals surface area contributed by atoms with Gasteiger partial charge in [-0.2, -0.15) is 0 Å². The van der Waals surface area contributed by atoms with Gasteiger partial charge in [-0.1, -0.05) is 30.3 Å². The molecular weight excluding hydrogens is 338 g/mol. The van der Waals surface area contributed by atoms with Gasteiger partial charge in [-0.05, 0) is 48.6 Å². The molecule has 2 aromatic rings. The van der Waals surface area contributed by atoms with E-state index < -0.39 is 0 Å². The van der Waals surface area contributed by atoms with E-state index in [1.165, 1.54) is 5.56 Å². The molecule has 2 heterocycles. The van der Waals surface area contributed by atoms with Gasteiger partial charge in [0.1, 0.15) is 0 Å². The molecule has 140 valence electrons. The number of nitrogens with zero attached hydrogens (tertiary/aromatic N) is 1. The van der Waals surface area contributed by atoms with Crippen molar-refractivity contribution in [3.8, 4) is 0 Å². The molecule has 0 radical (unpaired) electrons. The molecule has 2 amide bonds. The van der Waals surface area contributed by atoms with Gasteiger partial charge in [-0.3, -0.25) is 14.5 Å². The highest BCUT2D eigenvalue weighted by molar-refractivity contribution is 5.98. The standard InChI is InChI=1S/C22H25N3O2/c26-21-9-7-17-14-18(6-8-20(17)24-21)22(27)23-19-10-12-25(13-11-19)15-16-4-2-1-3-5-16/h1-6,8,14,19H,7,9-13,15H2,(H,23,27)(H,24,26). The minimum atomic E-state index is -0.0174. The average molecular weight is 363 g/mol. The lowest BCUT2D eigenvalue weighted by atomic mass is 9.99. The van der Waals surface area contributed by atoms with Crippen molar-refractivity contribution >= 4 is 17.5 Å². The molecule has 5 heteroatoms. The summed E-state index contributed by atoms with van der Waals surface area (Å²) in [4.78, 5) is 26.5. The molecule has 2 aliphatic heterocycles. The van der Waals surface area contributed by atoms with Gasteiger partial charge in [0.25, 0.3) is 5.91 Å². The normalized spacial score (nSPS) is 17.9. The maximum atomic E-state index is 12.6. The van der Waals surface area contributed by atoms with Crippen molar-refractivity contribution in [2.45, 2.75) is 38.3 Å². The number of aryl methyl sites for hydroxylation is 1. The van der Waals surface area contributed by atoms with Crippen molar-refractivity contribution in [2.75, 3.05) is 18.4 Å². The third-order valence-electron chi connectivity index (χ3n) is 5.43. The number of carbonyl (C=O) groups excluding carboxylic acids is 2. The van der Waals surface area contributed by atoms with E-state index >= 15 is 0 Å². The van der Waals surface area contributed by atoms with Crippen LogP contribution in [0.4, 0.5) is 5.69 Å². The second-order valence-corrected chi connectivity index (χ2v) is 7.43. The van der Waals surface area contributed by atoms with Crippen molar-refractivity contribution in [3.05, 3.63) is 65.2 Å². The summed E-state index contributed by atoms with van der Waals surface area (Å²) in [5, 5.41) is 6.04. The highest BCUT2D eigenvalue weighted by Crippen LogP contribution is 2.24. The van der Waals surface area contributed by atoms with E-state index in [4.69, 9.17) is 0 Å². The van der Waals surface area contributed by atoms with Crippen LogP contribution in [0.5, 0.6) is 0 Å². The first-order valence-electron chi connectivity index (χ1n) is 9.67. The zero-order valence-electron chi connectivity index (χ0n) is 15.4. The van der Waals surface area contributed by atoms with Gasteiger partial charge >= 0.3 is 0 Å². The van der Waals surface area contributed by atoms with Crippen LogP contribution >= 0.6 is 0 Å². The number of benzene rings is 2. The van der Waals surface area contributed by atoms with Crippen LogP contribution in [-0.2, 0) is 17.8 Å². The smallest absolute Gasteiger partial charge is 0.251 e. The monoisotopic (exact) mass is 363 g/mol. The van der Waals surface area contributed by atoms with Crippen LogP contribution in [0.25, 0.3) is 0 Å². The molecule has 2 aromatic carbocycles. The van der Waals surface area contributed by atoms with Crippen LogP contribution in [0.1, 0.15) is 40.7 Å². The number of rotatable bonds is 4. The number of likely N-dealkylation sites (tertiary alicyclic amines) is 1. The van der Waals surface area contributed by atoms with E-state index in [1.807, 2.05) is 18.2 Å². The first-order valence-corrected chi connectivity index (χ1v) is 9.67. The molecular formula is C22H25N3O2. The summed E-state index contributed by atoms with van der Waals surface area (Å²) in [7, 11) is 0. The molecule has 27 heavy (non-hydrogen) atoms. The first kappa shape index (κ1) is 17.7. The fourth-order valence-electron chi connectivity index (χ4n) is 3.87. The Morgan fingerprint density at radius 3 is 2.63 bits per heavy atom. The lowest BCUT2D eigenvalue weighted by molar-refractivity contribution is -0.116. The number of amides is 2. The Morgan fingerprint density at radius 1 is 1.07 bits per heavy atom. The Kier molecular flexibility index (Phi) is 5.21. The van der Waals surface area contributed by atoms with Crippen LogP contribution in [0.2, 0.25) is 0 Å². The summed E-state index contributed by atoms with van der Waals surface area (Å²) < 4.78 is 0.